The smallest absolute Gasteiger partial charge is 0.249 e. The minimum absolute atomic E-state index is 0.00268. The predicted molar refractivity (Wildman–Crippen MR) is 130 cm³/mol. The van der Waals surface area contributed by atoms with Gasteiger partial charge in [-0.1, -0.05) is 25.9 Å². The molecular weight excluding hydrogens is 473 g/mol. The van der Waals surface area contributed by atoms with Crippen LogP contribution in [0.3, 0.4) is 0 Å². The van der Waals surface area contributed by atoms with Crippen LogP contribution in [0.5, 0.6) is 0 Å². The molecule has 0 bridgehead atoms. The van der Waals surface area contributed by atoms with E-state index >= 15 is 0 Å². The second kappa shape index (κ2) is 11.3. The Labute approximate surface area is 210 Å². The molecule has 1 aromatic rings. The van der Waals surface area contributed by atoms with Crippen molar-refractivity contribution in [3.63, 3.8) is 0 Å². The number of nitrogens with one attached hydrogen (secondary N) is 1. The standard InChI is InChI=1S/C26H37F3N4O3/c1-25(2,3)24-31-23(36-32-24)21-8-7-9-33(21)22(34)14-19(30-15-35-26(4,5)6)11-16-10-17(27)12-18(28)13-20(16)29/h10,13,19,21,30H,7-9,11-12,14-15H2,1-6H3/t19?,21-/m0/s1. The highest BCUT2D eigenvalue weighted by Crippen LogP contribution is 2.34. The Bertz CT molecular complexity index is 1030. The Balaban J connectivity index is 1.77. The van der Waals surface area contributed by atoms with Crippen molar-refractivity contribution in [2.45, 2.75) is 96.7 Å². The molecule has 2 atom stereocenters. The molecule has 3 rings (SSSR count). The summed E-state index contributed by atoms with van der Waals surface area (Å²) in [6, 6.07) is -0.913. The lowest BCUT2D eigenvalue weighted by Crippen LogP contribution is -2.40. The summed E-state index contributed by atoms with van der Waals surface area (Å²) in [4.78, 5) is 19.6. The highest BCUT2D eigenvalue weighted by atomic mass is 19.1. The third-order valence-corrected chi connectivity index (χ3v) is 5.99. The van der Waals surface area contributed by atoms with Gasteiger partial charge in [0.2, 0.25) is 11.8 Å². The molecule has 1 unspecified atom stereocenters. The molecule has 2 aliphatic rings. The van der Waals surface area contributed by atoms with Gasteiger partial charge in [-0.25, -0.2) is 13.2 Å². The van der Waals surface area contributed by atoms with Gasteiger partial charge in [0, 0.05) is 30.5 Å². The summed E-state index contributed by atoms with van der Waals surface area (Å²) >= 11 is 0. The number of carbonyl (C=O) groups excluding carboxylic acids is 1. The molecule has 0 radical (unpaired) electrons. The van der Waals surface area contributed by atoms with E-state index in [9.17, 15) is 18.0 Å². The number of ether oxygens (including phenoxy) is 1. The van der Waals surface area contributed by atoms with Crippen molar-refractivity contribution >= 4 is 5.91 Å². The van der Waals surface area contributed by atoms with Gasteiger partial charge in [-0.2, -0.15) is 4.98 Å². The van der Waals surface area contributed by atoms with Crippen LogP contribution < -0.4 is 5.32 Å². The van der Waals surface area contributed by atoms with E-state index in [-0.39, 0.29) is 42.5 Å². The van der Waals surface area contributed by atoms with Crippen molar-refractivity contribution in [1.82, 2.24) is 20.4 Å². The van der Waals surface area contributed by atoms with Gasteiger partial charge in [0.1, 0.15) is 23.5 Å². The van der Waals surface area contributed by atoms with Gasteiger partial charge in [0.25, 0.3) is 0 Å². The number of rotatable bonds is 8. The van der Waals surface area contributed by atoms with Gasteiger partial charge in [-0.05, 0) is 51.7 Å². The molecule has 1 aliphatic heterocycles. The number of allylic oxidation sites excluding steroid dienone is 5. The Kier molecular flexibility index (Phi) is 8.82. The lowest BCUT2D eigenvalue weighted by molar-refractivity contribution is -0.133. The monoisotopic (exact) mass is 510 g/mol. The van der Waals surface area contributed by atoms with Gasteiger partial charge in [-0.3, -0.25) is 10.1 Å². The fourth-order valence-electron chi connectivity index (χ4n) is 4.09. The van der Waals surface area contributed by atoms with Crippen LogP contribution in [0.15, 0.2) is 39.7 Å². The number of hydrogen-bond donors (Lipinski definition) is 1. The SMILES string of the molecule is CC(C)(C)OCNC(CC(=O)N1CCC[C@H]1c1nc(C(C)(C)C)no1)CC1=C(F)C=C(F)CC(F)=C1. The van der Waals surface area contributed by atoms with E-state index in [2.05, 4.69) is 15.5 Å². The number of nitrogens with zero attached hydrogens (tertiary/aromatic N) is 3. The molecule has 0 saturated carbocycles. The summed E-state index contributed by atoms with van der Waals surface area (Å²) < 4.78 is 53.5. The highest BCUT2D eigenvalue weighted by molar-refractivity contribution is 5.77. The van der Waals surface area contributed by atoms with E-state index in [1.165, 1.54) is 0 Å². The molecule has 1 N–H and O–H groups in total. The zero-order valence-electron chi connectivity index (χ0n) is 22.0. The normalized spacial score (nSPS) is 20.4. The van der Waals surface area contributed by atoms with Crippen molar-refractivity contribution in [2.24, 2.45) is 0 Å². The first-order chi connectivity index (χ1) is 16.7. The molecule has 0 aromatic carbocycles. The largest absolute Gasteiger partial charge is 0.361 e. The molecule has 7 nitrogen and oxygen atoms in total. The Morgan fingerprint density at radius 2 is 1.89 bits per heavy atom. The maximum Gasteiger partial charge on any atom is 0.249 e. The molecule has 0 spiro atoms. The van der Waals surface area contributed by atoms with E-state index < -0.39 is 35.5 Å². The van der Waals surface area contributed by atoms with Crippen molar-refractivity contribution in [1.29, 1.82) is 0 Å². The number of likely N-dealkylation sites (tertiary alicyclic amines) is 1. The van der Waals surface area contributed by atoms with E-state index in [0.717, 1.165) is 12.5 Å². The first kappa shape index (κ1) is 28.1. The summed E-state index contributed by atoms with van der Waals surface area (Å²) in [6.45, 7) is 12.2. The number of aromatic nitrogens is 2. The van der Waals surface area contributed by atoms with Crippen molar-refractivity contribution in [3.8, 4) is 0 Å². The molecule has 10 heteroatoms. The molecule has 36 heavy (non-hydrogen) atoms. The molecule has 1 aromatic heterocycles. The number of hydrogen-bond acceptors (Lipinski definition) is 6. The Morgan fingerprint density at radius 3 is 2.53 bits per heavy atom. The number of carbonyl (C=O) groups is 1. The highest BCUT2D eigenvalue weighted by Gasteiger charge is 2.36. The molecule has 2 heterocycles. The van der Waals surface area contributed by atoms with Crippen LogP contribution in [0.2, 0.25) is 0 Å². The maximum atomic E-state index is 14.6. The number of amides is 1. The maximum absolute atomic E-state index is 14.6. The van der Waals surface area contributed by atoms with Crippen LogP contribution in [0.1, 0.15) is 91.4 Å². The van der Waals surface area contributed by atoms with Crippen LogP contribution in [-0.2, 0) is 14.9 Å². The summed E-state index contributed by atoms with van der Waals surface area (Å²) in [5.74, 6) is -1.72. The quantitative estimate of drug-likeness (QED) is 0.440. The van der Waals surface area contributed by atoms with Crippen molar-refractivity contribution in [2.75, 3.05) is 13.3 Å². The molecule has 1 fully saturated rings. The summed E-state index contributed by atoms with van der Waals surface area (Å²) in [5.41, 5.74) is -0.731. The third-order valence-electron chi connectivity index (χ3n) is 5.99. The van der Waals surface area contributed by atoms with Crippen LogP contribution in [0, 0.1) is 0 Å². The number of halogens is 3. The first-order valence-electron chi connectivity index (χ1n) is 12.3. The van der Waals surface area contributed by atoms with Crippen LogP contribution in [0.25, 0.3) is 0 Å². The van der Waals surface area contributed by atoms with Gasteiger partial charge in [0.05, 0.1) is 18.8 Å². The molecule has 200 valence electrons. The lowest BCUT2D eigenvalue weighted by Gasteiger charge is -2.27. The Morgan fingerprint density at radius 1 is 1.19 bits per heavy atom. The second-order valence-corrected chi connectivity index (χ2v) is 11.4. The van der Waals surface area contributed by atoms with Crippen molar-refractivity contribution in [3.05, 3.63) is 46.9 Å². The van der Waals surface area contributed by atoms with Crippen LogP contribution in [-0.4, -0.2) is 45.9 Å². The zero-order valence-corrected chi connectivity index (χ0v) is 22.0. The lowest BCUT2D eigenvalue weighted by atomic mass is 9.96. The summed E-state index contributed by atoms with van der Waals surface area (Å²) in [6.07, 6.45) is 2.58. The van der Waals surface area contributed by atoms with E-state index in [1.54, 1.807) is 4.90 Å². The molecule has 1 aliphatic carbocycles. The minimum Gasteiger partial charge on any atom is -0.361 e. The fourth-order valence-corrected chi connectivity index (χ4v) is 4.09. The molecule has 1 amide bonds. The van der Waals surface area contributed by atoms with Crippen LogP contribution >= 0.6 is 0 Å². The van der Waals surface area contributed by atoms with Gasteiger partial charge >= 0.3 is 0 Å². The average Bonchev–Trinajstić information content (AvgIpc) is 3.38. The zero-order chi connectivity index (χ0) is 26.7. The van der Waals surface area contributed by atoms with E-state index in [4.69, 9.17) is 9.26 Å². The summed E-state index contributed by atoms with van der Waals surface area (Å²) in [5, 5.41) is 7.21. The summed E-state index contributed by atoms with van der Waals surface area (Å²) in [7, 11) is 0. The average molecular weight is 511 g/mol. The Hall–Kier alpha value is -2.46. The van der Waals surface area contributed by atoms with E-state index in [0.29, 0.717) is 30.8 Å². The van der Waals surface area contributed by atoms with Crippen LogP contribution in [0.4, 0.5) is 13.2 Å². The molecule has 1 saturated heterocycles. The molecular formula is C26H37F3N4O3. The van der Waals surface area contributed by atoms with E-state index in [1.807, 2.05) is 41.5 Å². The van der Waals surface area contributed by atoms with Crippen molar-refractivity contribution < 1.29 is 27.2 Å². The predicted octanol–water partition coefficient (Wildman–Crippen LogP) is 5.88. The second-order valence-electron chi connectivity index (χ2n) is 11.4. The fraction of sp³-hybridized carbons (Fsp3) is 0.654. The topological polar surface area (TPSA) is 80.5 Å². The first-order valence-corrected chi connectivity index (χ1v) is 12.3. The van der Waals surface area contributed by atoms with Gasteiger partial charge < -0.3 is 14.2 Å². The van der Waals surface area contributed by atoms with Gasteiger partial charge in [0.15, 0.2) is 5.82 Å². The van der Waals surface area contributed by atoms with Gasteiger partial charge in [-0.15, -0.1) is 0 Å². The minimum atomic E-state index is -0.887. The third kappa shape index (κ3) is 7.77.